The van der Waals surface area contributed by atoms with E-state index in [0.29, 0.717) is 11.4 Å². The second-order valence-corrected chi connectivity index (χ2v) is 6.01. The minimum atomic E-state index is 0.436. The van der Waals surface area contributed by atoms with Gasteiger partial charge >= 0.3 is 0 Å². The summed E-state index contributed by atoms with van der Waals surface area (Å²) in [6.45, 7) is 3.40. The summed E-state index contributed by atoms with van der Waals surface area (Å²) in [6.07, 6.45) is 8.14. The quantitative estimate of drug-likeness (QED) is 0.825. The lowest BCUT2D eigenvalue weighted by molar-refractivity contribution is 0.0494. The fourth-order valence-electron chi connectivity index (χ4n) is 3.63. The number of likely N-dealkylation sites (tertiary alicyclic amines) is 1. The number of rotatable bonds is 2. The van der Waals surface area contributed by atoms with Crippen LogP contribution >= 0.6 is 0 Å². The van der Waals surface area contributed by atoms with Gasteiger partial charge in [-0.2, -0.15) is 0 Å². The van der Waals surface area contributed by atoms with Crippen molar-refractivity contribution in [2.24, 2.45) is 0 Å². The molecule has 0 aliphatic carbocycles. The number of anilines is 1. The Bertz CT molecular complexity index is 457. The summed E-state index contributed by atoms with van der Waals surface area (Å²) in [5.41, 5.74) is 0.436. The Hall–Kier alpha value is -1.36. The lowest BCUT2D eigenvalue weighted by Crippen LogP contribution is -2.56. The van der Waals surface area contributed by atoms with Gasteiger partial charge in [0.2, 0.25) is 5.88 Å². The van der Waals surface area contributed by atoms with E-state index in [-0.39, 0.29) is 0 Å². The Morgan fingerprint density at radius 3 is 2.60 bits per heavy atom. The van der Waals surface area contributed by atoms with Crippen LogP contribution in [0.25, 0.3) is 0 Å². The molecule has 0 bridgehead atoms. The Labute approximate surface area is 121 Å². The van der Waals surface area contributed by atoms with E-state index in [1.54, 1.807) is 13.4 Å². The standard InChI is InChI=1S/C15H24N4O/c1-18-8-4-3-5-15(18)6-9-19(10-7-15)13-11-14(20-2)17-12-16-13/h11-12H,3-10H2,1-2H3. The zero-order valence-electron chi connectivity index (χ0n) is 12.5. The first kappa shape index (κ1) is 13.6. The van der Waals surface area contributed by atoms with Gasteiger partial charge in [-0.3, -0.25) is 0 Å². The van der Waals surface area contributed by atoms with Gasteiger partial charge in [-0.25, -0.2) is 9.97 Å². The van der Waals surface area contributed by atoms with Gasteiger partial charge in [0, 0.05) is 24.7 Å². The predicted molar refractivity (Wildman–Crippen MR) is 79.2 cm³/mol. The zero-order valence-corrected chi connectivity index (χ0v) is 12.5. The highest BCUT2D eigenvalue weighted by Gasteiger charge is 2.39. The molecule has 0 atom stereocenters. The SMILES string of the molecule is COc1cc(N2CCC3(CCCCN3C)CC2)ncn1. The summed E-state index contributed by atoms with van der Waals surface area (Å²) in [5.74, 6) is 1.63. The molecule has 0 saturated carbocycles. The van der Waals surface area contributed by atoms with Crippen LogP contribution in [0, 0.1) is 0 Å². The van der Waals surface area contributed by atoms with Gasteiger partial charge in [-0.15, -0.1) is 0 Å². The van der Waals surface area contributed by atoms with Crippen molar-refractivity contribution in [2.75, 3.05) is 38.7 Å². The van der Waals surface area contributed by atoms with Gasteiger partial charge in [0.15, 0.2) is 0 Å². The van der Waals surface area contributed by atoms with Crippen molar-refractivity contribution in [3.8, 4) is 5.88 Å². The monoisotopic (exact) mass is 276 g/mol. The Morgan fingerprint density at radius 2 is 1.90 bits per heavy atom. The van der Waals surface area contributed by atoms with E-state index in [1.807, 2.05) is 6.07 Å². The normalized spacial score (nSPS) is 23.0. The Morgan fingerprint density at radius 1 is 1.10 bits per heavy atom. The molecule has 110 valence electrons. The van der Waals surface area contributed by atoms with Gasteiger partial charge in [0.25, 0.3) is 0 Å². The average Bonchev–Trinajstić information content (AvgIpc) is 2.51. The molecule has 2 fully saturated rings. The molecule has 0 N–H and O–H groups in total. The van der Waals surface area contributed by atoms with Crippen molar-refractivity contribution >= 4 is 5.82 Å². The number of piperidine rings is 2. The maximum absolute atomic E-state index is 5.19. The van der Waals surface area contributed by atoms with Crippen molar-refractivity contribution in [1.29, 1.82) is 0 Å². The summed E-state index contributed by atoms with van der Waals surface area (Å²) >= 11 is 0. The predicted octanol–water partition coefficient (Wildman–Crippen LogP) is 1.94. The number of aromatic nitrogens is 2. The number of nitrogens with zero attached hydrogens (tertiary/aromatic N) is 4. The van der Waals surface area contributed by atoms with Gasteiger partial charge in [-0.05, 0) is 39.3 Å². The molecular formula is C15H24N4O. The molecule has 5 heteroatoms. The highest BCUT2D eigenvalue weighted by molar-refractivity contribution is 5.41. The zero-order chi connectivity index (χ0) is 14.0. The molecule has 2 saturated heterocycles. The topological polar surface area (TPSA) is 41.5 Å². The first-order valence-electron chi connectivity index (χ1n) is 7.56. The molecular weight excluding hydrogens is 252 g/mol. The first-order valence-corrected chi connectivity index (χ1v) is 7.56. The van der Waals surface area contributed by atoms with Crippen LogP contribution in [0.3, 0.4) is 0 Å². The van der Waals surface area contributed by atoms with Gasteiger partial charge < -0.3 is 14.5 Å². The molecule has 3 heterocycles. The third kappa shape index (κ3) is 2.46. The van der Waals surface area contributed by atoms with Crippen LogP contribution in [-0.4, -0.2) is 54.2 Å². The number of ether oxygens (including phenoxy) is 1. The smallest absolute Gasteiger partial charge is 0.218 e. The minimum Gasteiger partial charge on any atom is -0.481 e. The molecule has 2 aliphatic heterocycles. The van der Waals surface area contributed by atoms with Crippen LogP contribution in [0.2, 0.25) is 0 Å². The van der Waals surface area contributed by atoms with Crippen LogP contribution in [0.4, 0.5) is 5.82 Å². The number of methoxy groups -OCH3 is 1. The first-order chi connectivity index (χ1) is 9.73. The van der Waals surface area contributed by atoms with Gasteiger partial charge in [0.1, 0.15) is 12.1 Å². The second kappa shape index (κ2) is 5.56. The van der Waals surface area contributed by atoms with Crippen LogP contribution in [0.15, 0.2) is 12.4 Å². The number of hydrogen-bond donors (Lipinski definition) is 0. The van der Waals surface area contributed by atoms with Crippen LogP contribution in [-0.2, 0) is 0 Å². The van der Waals surface area contributed by atoms with Crippen molar-refractivity contribution in [3.63, 3.8) is 0 Å². The fourth-order valence-corrected chi connectivity index (χ4v) is 3.63. The maximum atomic E-state index is 5.19. The molecule has 0 radical (unpaired) electrons. The highest BCUT2D eigenvalue weighted by atomic mass is 16.5. The Kier molecular flexibility index (Phi) is 3.78. The van der Waals surface area contributed by atoms with Crippen LogP contribution in [0.1, 0.15) is 32.1 Å². The molecule has 0 aromatic carbocycles. The van der Waals surface area contributed by atoms with E-state index in [2.05, 4.69) is 26.8 Å². The van der Waals surface area contributed by atoms with Crippen molar-refractivity contribution in [1.82, 2.24) is 14.9 Å². The summed E-state index contributed by atoms with van der Waals surface area (Å²) in [5, 5.41) is 0. The third-order valence-corrected chi connectivity index (χ3v) is 5.05. The summed E-state index contributed by atoms with van der Waals surface area (Å²) in [6, 6.07) is 1.93. The van der Waals surface area contributed by atoms with E-state index in [0.717, 1.165) is 18.9 Å². The molecule has 1 aromatic heterocycles. The summed E-state index contributed by atoms with van der Waals surface area (Å²) in [7, 11) is 3.94. The van der Waals surface area contributed by atoms with E-state index in [9.17, 15) is 0 Å². The lowest BCUT2D eigenvalue weighted by atomic mass is 9.79. The molecule has 1 spiro atoms. The Balaban J connectivity index is 1.68. The molecule has 1 aromatic rings. The van der Waals surface area contributed by atoms with Crippen LogP contribution in [0.5, 0.6) is 5.88 Å². The number of hydrogen-bond acceptors (Lipinski definition) is 5. The van der Waals surface area contributed by atoms with Crippen molar-refractivity contribution in [3.05, 3.63) is 12.4 Å². The lowest BCUT2D eigenvalue weighted by Gasteiger charge is -2.50. The van der Waals surface area contributed by atoms with Gasteiger partial charge in [0.05, 0.1) is 7.11 Å². The summed E-state index contributed by atoms with van der Waals surface area (Å²) in [4.78, 5) is 13.4. The van der Waals surface area contributed by atoms with E-state index in [1.165, 1.54) is 38.6 Å². The minimum absolute atomic E-state index is 0.436. The molecule has 5 nitrogen and oxygen atoms in total. The maximum Gasteiger partial charge on any atom is 0.218 e. The third-order valence-electron chi connectivity index (χ3n) is 5.05. The highest BCUT2D eigenvalue weighted by Crippen LogP contribution is 2.37. The van der Waals surface area contributed by atoms with Gasteiger partial charge in [-0.1, -0.05) is 6.42 Å². The largest absolute Gasteiger partial charge is 0.481 e. The van der Waals surface area contributed by atoms with Crippen LogP contribution < -0.4 is 9.64 Å². The molecule has 2 aliphatic rings. The van der Waals surface area contributed by atoms with Crippen molar-refractivity contribution < 1.29 is 4.74 Å². The van der Waals surface area contributed by atoms with Crippen molar-refractivity contribution in [2.45, 2.75) is 37.6 Å². The fraction of sp³-hybridized carbons (Fsp3) is 0.733. The summed E-state index contributed by atoms with van der Waals surface area (Å²) < 4.78 is 5.19. The average molecular weight is 276 g/mol. The van der Waals surface area contributed by atoms with E-state index in [4.69, 9.17) is 4.74 Å². The second-order valence-electron chi connectivity index (χ2n) is 6.01. The molecule has 3 rings (SSSR count). The van der Waals surface area contributed by atoms with E-state index < -0.39 is 0 Å². The molecule has 0 unspecified atom stereocenters. The molecule has 20 heavy (non-hydrogen) atoms. The molecule has 0 amide bonds. The van der Waals surface area contributed by atoms with E-state index >= 15 is 0 Å².